The Kier molecular flexibility index (Phi) is 6.41. The second kappa shape index (κ2) is 10.5. The van der Waals surface area contributed by atoms with Crippen LogP contribution in [0.1, 0.15) is 22.5 Å². The van der Waals surface area contributed by atoms with Gasteiger partial charge >= 0.3 is 0 Å². The topological polar surface area (TPSA) is 47.8 Å². The first-order valence-corrected chi connectivity index (χ1v) is 12.6. The number of nitrogens with zero attached hydrogens (tertiary/aromatic N) is 3. The summed E-state index contributed by atoms with van der Waals surface area (Å²) in [6.07, 6.45) is 13.3. The molecule has 0 amide bonds. The quantitative estimate of drug-likeness (QED) is 0.262. The molecule has 5 aromatic rings. The number of rotatable bonds is 3. The van der Waals surface area contributed by atoms with Crippen molar-refractivity contribution in [1.82, 2.24) is 14.5 Å². The van der Waals surface area contributed by atoms with Gasteiger partial charge in [0.1, 0.15) is 5.82 Å². The van der Waals surface area contributed by atoms with Crippen LogP contribution in [0.5, 0.6) is 0 Å². The van der Waals surface area contributed by atoms with E-state index in [0.717, 1.165) is 38.4 Å². The molecule has 0 saturated heterocycles. The lowest BCUT2D eigenvalue weighted by molar-refractivity contribution is 0.933. The summed E-state index contributed by atoms with van der Waals surface area (Å²) in [4.78, 5) is 22.8. The maximum absolute atomic E-state index is 13.8. The normalized spacial score (nSPS) is 12.1. The molecular weight excluding hydrogens is 478 g/mol. The van der Waals surface area contributed by atoms with Crippen molar-refractivity contribution in [2.24, 2.45) is 0 Å². The van der Waals surface area contributed by atoms with Gasteiger partial charge in [0.25, 0.3) is 5.56 Å². The fraction of sp³-hybridized carbons (Fsp3) is 0.0286. The third-order valence-electron chi connectivity index (χ3n) is 6.48. The van der Waals surface area contributed by atoms with Crippen LogP contribution in [-0.2, 0) is 0 Å². The Morgan fingerprint density at radius 3 is 2.54 bits per heavy atom. The lowest BCUT2D eigenvalue weighted by Gasteiger charge is -2.14. The molecule has 3 aromatic carbocycles. The molecule has 2 aromatic heterocycles. The highest BCUT2D eigenvalue weighted by atomic mass is 16.1. The summed E-state index contributed by atoms with van der Waals surface area (Å²) < 4.78 is 1.67. The maximum Gasteiger partial charge on any atom is 0.266 e. The van der Waals surface area contributed by atoms with E-state index in [2.05, 4.69) is 40.8 Å². The molecule has 1 aliphatic rings. The van der Waals surface area contributed by atoms with Gasteiger partial charge in [0, 0.05) is 29.1 Å². The third-order valence-corrected chi connectivity index (χ3v) is 6.48. The van der Waals surface area contributed by atoms with Gasteiger partial charge in [0.2, 0.25) is 0 Å². The van der Waals surface area contributed by atoms with Crippen LogP contribution in [0.3, 0.4) is 0 Å². The van der Waals surface area contributed by atoms with Crippen molar-refractivity contribution >= 4 is 29.1 Å². The predicted octanol–water partition coefficient (Wildman–Crippen LogP) is 4.86. The Bertz CT molecular complexity index is 2080. The first kappa shape index (κ1) is 23.9. The molecule has 0 N–H and O–H groups in total. The van der Waals surface area contributed by atoms with Crippen molar-refractivity contribution in [3.63, 3.8) is 0 Å². The summed E-state index contributed by atoms with van der Waals surface area (Å²) in [5, 5.41) is 2.82. The van der Waals surface area contributed by atoms with E-state index in [1.165, 1.54) is 0 Å². The highest BCUT2D eigenvalue weighted by Gasteiger charge is 2.13. The average Bonchev–Trinajstić information content (AvgIpc) is 3.18. The lowest BCUT2D eigenvalue weighted by Crippen LogP contribution is -2.23. The Balaban J connectivity index is 1.46. The molecule has 0 bridgehead atoms. The van der Waals surface area contributed by atoms with Crippen molar-refractivity contribution in [3.05, 3.63) is 158 Å². The molecule has 39 heavy (non-hydrogen) atoms. The number of benzene rings is 3. The van der Waals surface area contributed by atoms with E-state index in [0.29, 0.717) is 16.7 Å². The molecule has 0 spiro atoms. The lowest BCUT2D eigenvalue weighted by atomic mass is 10.1. The third kappa shape index (κ3) is 5.04. The Hall–Kier alpha value is -5.49. The van der Waals surface area contributed by atoms with Crippen LogP contribution >= 0.6 is 0 Å². The SMILES string of the molecule is Cc1cc(C#Cc2cccnc2)ccc1-n1c(C=CC2=C=CC=c3ccccc3=C2)nc2ccccc2c1=O. The van der Waals surface area contributed by atoms with E-state index in [9.17, 15) is 4.79 Å². The van der Waals surface area contributed by atoms with Crippen LogP contribution in [0.25, 0.3) is 34.8 Å². The molecular formula is C35H23N3O. The van der Waals surface area contributed by atoms with Crippen LogP contribution in [-0.4, -0.2) is 14.5 Å². The van der Waals surface area contributed by atoms with Gasteiger partial charge < -0.3 is 0 Å². The van der Waals surface area contributed by atoms with Gasteiger partial charge in [0.15, 0.2) is 0 Å². The summed E-state index contributed by atoms with van der Waals surface area (Å²) in [6, 6.07) is 25.3. The maximum atomic E-state index is 13.8. The van der Waals surface area contributed by atoms with Gasteiger partial charge in [-0.25, -0.2) is 4.98 Å². The Labute approximate surface area is 226 Å². The zero-order valence-electron chi connectivity index (χ0n) is 21.3. The Morgan fingerprint density at radius 2 is 1.69 bits per heavy atom. The first-order chi connectivity index (χ1) is 19.2. The highest BCUT2D eigenvalue weighted by molar-refractivity contribution is 5.79. The van der Waals surface area contributed by atoms with Crippen molar-refractivity contribution in [1.29, 1.82) is 0 Å². The summed E-state index contributed by atoms with van der Waals surface area (Å²) in [5.41, 5.74) is 8.13. The number of aromatic nitrogens is 3. The molecule has 0 fully saturated rings. The van der Waals surface area contributed by atoms with E-state index >= 15 is 0 Å². The molecule has 1 aliphatic carbocycles. The van der Waals surface area contributed by atoms with Gasteiger partial charge in [0.05, 0.1) is 16.6 Å². The van der Waals surface area contributed by atoms with Crippen molar-refractivity contribution in [2.45, 2.75) is 6.92 Å². The standard InChI is InChI=1S/C35H23N3O/c1-25-22-27(15-16-28-9-7-21-36-24-28)17-19-33(25)38-34(37-32-14-5-4-13-31(32)35(38)39)20-18-26-8-6-12-29-10-2-3-11-30(29)23-26/h2-7,9-14,17-24H,1H3. The molecule has 184 valence electrons. The van der Waals surface area contributed by atoms with E-state index in [-0.39, 0.29) is 5.56 Å². The minimum absolute atomic E-state index is 0.120. The number of allylic oxidation sites excluding steroid dienone is 2. The second-order valence-corrected chi connectivity index (χ2v) is 9.16. The smallest absolute Gasteiger partial charge is 0.266 e. The molecule has 2 heterocycles. The van der Waals surface area contributed by atoms with Gasteiger partial charge in [-0.1, -0.05) is 48.2 Å². The molecule has 0 radical (unpaired) electrons. The fourth-order valence-corrected chi connectivity index (χ4v) is 4.55. The molecule has 0 saturated carbocycles. The predicted molar refractivity (Wildman–Crippen MR) is 158 cm³/mol. The number of aryl methyl sites for hydroxylation is 1. The van der Waals surface area contributed by atoms with Crippen LogP contribution in [0.4, 0.5) is 0 Å². The summed E-state index contributed by atoms with van der Waals surface area (Å²) in [6.45, 7) is 1.98. The number of hydrogen-bond donors (Lipinski definition) is 0. The van der Waals surface area contributed by atoms with Crippen molar-refractivity contribution < 1.29 is 0 Å². The minimum Gasteiger partial charge on any atom is -0.268 e. The zero-order chi connectivity index (χ0) is 26.6. The van der Waals surface area contributed by atoms with E-state index in [4.69, 9.17) is 4.98 Å². The number of pyridine rings is 1. The zero-order valence-corrected chi connectivity index (χ0v) is 21.3. The van der Waals surface area contributed by atoms with E-state index in [1.54, 1.807) is 17.0 Å². The first-order valence-electron chi connectivity index (χ1n) is 12.6. The number of para-hydroxylation sites is 1. The van der Waals surface area contributed by atoms with Crippen LogP contribution < -0.4 is 16.0 Å². The fourth-order valence-electron chi connectivity index (χ4n) is 4.55. The monoisotopic (exact) mass is 501 g/mol. The molecule has 6 rings (SSSR count). The van der Waals surface area contributed by atoms with E-state index in [1.807, 2.05) is 98.0 Å². The van der Waals surface area contributed by atoms with E-state index < -0.39 is 0 Å². The van der Waals surface area contributed by atoms with Crippen LogP contribution in [0.2, 0.25) is 0 Å². The molecule has 4 heteroatoms. The second-order valence-electron chi connectivity index (χ2n) is 9.16. The summed E-state index contributed by atoms with van der Waals surface area (Å²) >= 11 is 0. The largest absolute Gasteiger partial charge is 0.268 e. The summed E-state index contributed by atoms with van der Waals surface area (Å²) in [7, 11) is 0. The van der Waals surface area contributed by atoms with Crippen LogP contribution in [0, 0.1) is 18.8 Å². The van der Waals surface area contributed by atoms with Crippen LogP contribution in [0.15, 0.2) is 120 Å². The van der Waals surface area contributed by atoms with Gasteiger partial charge in [-0.15, -0.1) is 5.73 Å². The molecule has 0 unspecified atom stereocenters. The van der Waals surface area contributed by atoms with Gasteiger partial charge in [-0.05, 0) is 95.8 Å². The number of fused-ring (bicyclic) bond motifs is 2. The van der Waals surface area contributed by atoms with Crippen molar-refractivity contribution in [3.8, 4) is 17.5 Å². The highest BCUT2D eigenvalue weighted by Crippen LogP contribution is 2.19. The van der Waals surface area contributed by atoms with Crippen molar-refractivity contribution in [2.75, 3.05) is 0 Å². The van der Waals surface area contributed by atoms with Gasteiger partial charge in [-0.3, -0.25) is 14.3 Å². The van der Waals surface area contributed by atoms with Gasteiger partial charge in [-0.2, -0.15) is 0 Å². The Morgan fingerprint density at radius 1 is 0.872 bits per heavy atom. The number of hydrogen-bond acceptors (Lipinski definition) is 3. The molecule has 0 atom stereocenters. The molecule has 0 aliphatic heterocycles. The summed E-state index contributed by atoms with van der Waals surface area (Å²) in [5.74, 6) is 6.87. The average molecular weight is 502 g/mol. The molecule has 4 nitrogen and oxygen atoms in total. The minimum atomic E-state index is -0.120.